The van der Waals surface area contributed by atoms with E-state index in [0.29, 0.717) is 30.3 Å². The maximum Gasteiger partial charge on any atom is 0.228 e. The highest BCUT2D eigenvalue weighted by Crippen LogP contribution is 2.17. The highest BCUT2D eigenvalue weighted by atomic mass is 19.1. The van der Waals surface area contributed by atoms with Gasteiger partial charge in [0.1, 0.15) is 5.82 Å². The Hall–Kier alpha value is -1.79. The molecule has 2 rings (SSSR count). The van der Waals surface area contributed by atoms with Crippen molar-refractivity contribution in [1.82, 2.24) is 15.5 Å². The number of halogens is 1. The number of hydrogen-bond acceptors (Lipinski definition) is 5. The lowest BCUT2D eigenvalue weighted by Gasteiger charge is -2.14. The minimum Gasteiger partial charge on any atom is -0.383 e. The Kier molecular flexibility index (Phi) is 5.20. The third-order valence-electron chi connectivity index (χ3n) is 2.83. The lowest BCUT2D eigenvalue weighted by atomic mass is 10.2. The van der Waals surface area contributed by atoms with E-state index in [-0.39, 0.29) is 11.9 Å². The van der Waals surface area contributed by atoms with Gasteiger partial charge in [0, 0.05) is 25.1 Å². The van der Waals surface area contributed by atoms with E-state index < -0.39 is 0 Å². The van der Waals surface area contributed by atoms with Crippen LogP contribution in [0.1, 0.15) is 12.8 Å². The summed E-state index contributed by atoms with van der Waals surface area (Å²) in [4.78, 5) is 4.29. The van der Waals surface area contributed by atoms with Gasteiger partial charge in [-0.25, -0.2) is 4.39 Å². The number of methoxy groups -OCH3 is 1. The number of rotatable bonds is 7. The summed E-state index contributed by atoms with van der Waals surface area (Å²) in [7, 11) is 1.65. The molecule has 2 aromatic rings. The second-order valence-electron chi connectivity index (χ2n) is 4.44. The van der Waals surface area contributed by atoms with E-state index in [0.717, 1.165) is 6.54 Å². The van der Waals surface area contributed by atoms with Crippen molar-refractivity contribution in [3.8, 4) is 11.4 Å². The molecular weight excluding hydrogens is 261 g/mol. The molecule has 0 amide bonds. The summed E-state index contributed by atoms with van der Waals surface area (Å²) >= 11 is 0. The van der Waals surface area contributed by atoms with Gasteiger partial charge in [-0.3, -0.25) is 0 Å². The largest absolute Gasteiger partial charge is 0.383 e. The van der Waals surface area contributed by atoms with Crippen LogP contribution in [0.15, 0.2) is 28.8 Å². The molecule has 0 saturated carbocycles. The van der Waals surface area contributed by atoms with Crippen LogP contribution >= 0.6 is 0 Å². The topological polar surface area (TPSA) is 60.2 Å². The molecule has 0 radical (unpaired) electrons. The molecule has 0 aliphatic carbocycles. The zero-order valence-electron chi connectivity index (χ0n) is 11.6. The van der Waals surface area contributed by atoms with Crippen LogP contribution in [0.2, 0.25) is 0 Å². The molecule has 0 spiro atoms. The average molecular weight is 279 g/mol. The SMILES string of the molecule is CCNC(COC)Cc1nc(-c2cccc(F)c2)no1. The summed E-state index contributed by atoms with van der Waals surface area (Å²) in [6, 6.07) is 6.24. The van der Waals surface area contributed by atoms with Gasteiger partial charge in [0.05, 0.1) is 6.61 Å². The maximum atomic E-state index is 13.2. The van der Waals surface area contributed by atoms with Gasteiger partial charge in [-0.15, -0.1) is 0 Å². The average Bonchev–Trinajstić information content (AvgIpc) is 2.88. The maximum absolute atomic E-state index is 13.2. The fourth-order valence-corrected chi connectivity index (χ4v) is 1.97. The zero-order chi connectivity index (χ0) is 14.4. The first-order chi connectivity index (χ1) is 9.72. The van der Waals surface area contributed by atoms with Crippen molar-refractivity contribution < 1.29 is 13.7 Å². The second kappa shape index (κ2) is 7.12. The lowest BCUT2D eigenvalue weighted by Crippen LogP contribution is -2.35. The number of benzene rings is 1. The molecule has 6 heteroatoms. The van der Waals surface area contributed by atoms with Crippen LogP contribution in [0.5, 0.6) is 0 Å². The summed E-state index contributed by atoms with van der Waals surface area (Å²) in [5.74, 6) is 0.582. The summed E-state index contributed by atoms with van der Waals surface area (Å²) in [6.45, 7) is 3.42. The fraction of sp³-hybridized carbons (Fsp3) is 0.429. The lowest BCUT2D eigenvalue weighted by molar-refractivity contribution is 0.162. The van der Waals surface area contributed by atoms with Gasteiger partial charge >= 0.3 is 0 Å². The number of nitrogens with one attached hydrogen (secondary N) is 1. The van der Waals surface area contributed by atoms with Crippen LogP contribution in [0.4, 0.5) is 4.39 Å². The number of nitrogens with zero attached hydrogens (tertiary/aromatic N) is 2. The highest BCUT2D eigenvalue weighted by Gasteiger charge is 2.14. The smallest absolute Gasteiger partial charge is 0.228 e. The zero-order valence-corrected chi connectivity index (χ0v) is 11.6. The second-order valence-corrected chi connectivity index (χ2v) is 4.44. The Bertz CT molecular complexity index is 539. The molecule has 1 N–H and O–H groups in total. The van der Waals surface area contributed by atoms with Crippen molar-refractivity contribution in [3.05, 3.63) is 36.0 Å². The number of hydrogen-bond donors (Lipinski definition) is 1. The first-order valence-electron chi connectivity index (χ1n) is 6.53. The van der Waals surface area contributed by atoms with E-state index in [1.54, 1.807) is 19.2 Å². The molecule has 108 valence electrons. The van der Waals surface area contributed by atoms with Gasteiger partial charge in [0.15, 0.2) is 0 Å². The molecule has 0 aliphatic heterocycles. The van der Waals surface area contributed by atoms with E-state index in [4.69, 9.17) is 9.26 Å². The van der Waals surface area contributed by atoms with E-state index in [1.807, 2.05) is 6.92 Å². The van der Waals surface area contributed by atoms with Gasteiger partial charge in [-0.05, 0) is 18.7 Å². The van der Waals surface area contributed by atoms with Gasteiger partial charge in [0.25, 0.3) is 0 Å². The third-order valence-corrected chi connectivity index (χ3v) is 2.83. The first kappa shape index (κ1) is 14.6. The van der Waals surface area contributed by atoms with Crippen molar-refractivity contribution in [1.29, 1.82) is 0 Å². The molecule has 1 unspecified atom stereocenters. The molecule has 20 heavy (non-hydrogen) atoms. The molecule has 1 aromatic carbocycles. The Morgan fingerprint density at radius 2 is 2.30 bits per heavy atom. The van der Waals surface area contributed by atoms with Crippen molar-refractivity contribution in [2.75, 3.05) is 20.3 Å². The van der Waals surface area contributed by atoms with Gasteiger partial charge < -0.3 is 14.6 Å². The van der Waals surface area contributed by atoms with Crippen LogP contribution < -0.4 is 5.32 Å². The van der Waals surface area contributed by atoms with Crippen molar-refractivity contribution in [3.63, 3.8) is 0 Å². The minimum absolute atomic E-state index is 0.116. The van der Waals surface area contributed by atoms with Crippen molar-refractivity contribution in [2.24, 2.45) is 0 Å². The first-order valence-corrected chi connectivity index (χ1v) is 6.53. The summed E-state index contributed by atoms with van der Waals surface area (Å²) in [5, 5.41) is 7.16. The predicted molar refractivity (Wildman–Crippen MR) is 72.7 cm³/mol. The molecule has 0 bridgehead atoms. The van der Waals surface area contributed by atoms with Crippen LogP contribution in [-0.4, -0.2) is 36.4 Å². The molecule has 1 atom stereocenters. The molecule has 1 heterocycles. The summed E-state index contributed by atoms with van der Waals surface area (Å²) < 4.78 is 23.5. The standard InChI is InChI=1S/C14H18FN3O2/c1-3-16-12(9-19-2)8-13-17-14(18-20-13)10-5-4-6-11(15)7-10/h4-7,12,16H,3,8-9H2,1-2H3. The van der Waals surface area contributed by atoms with Crippen LogP contribution in [0.25, 0.3) is 11.4 Å². The Labute approximate surface area is 117 Å². The van der Waals surface area contributed by atoms with Crippen molar-refractivity contribution >= 4 is 0 Å². The van der Waals surface area contributed by atoms with Gasteiger partial charge in [0.2, 0.25) is 11.7 Å². The summed E-state index contributed by atoms with van der Waals surface area (Å²) in [5.41, 5.74) is 0.603. The van der Waals surface area contributed by atoms with E-state index >= 15 is 0 Å². The van der Waals surface area contributed by atoms with Crippen LogP contribution in [0, 0.1) is 5.82 Å². The van der Waals surface area contributed by atoms with Crippen LogP contribution in [0.3, 0.4) is 0 Å². The molecule has 0 fully saturated rings. The monoisotopic (exact) mass is 279 g/mol. The predicted octanol–water partition coefficient (Wildman–Crippen LogP) is 2.04. The number of aromatic nitrogens is 2. The fourth-order valence-electron chi connectivity index (χ4n) is 1.97. The minimum atomic E-state index is -0.321. The Morgan fingerprint density at radius 1 is 1.45 bits per heavy atom. The van der Waals surface area contributed by atoms with E-state index in [1.165, 1.54) is 12.1 Å². The third kappa shape index (κ3) is 3.85. The van der Waals surface area contributed by atoms with Gasteiger partial charge in [-0.1, -0.05) is 24.2 Å². The Balaban J connectivity index is 2.08. The molecular formula is C14H18FN3O2. The molecule has 5 nitrogen and oxygen atoms in total. The molecule has 0 saturated heterocycles. The van der Waals surface area contributed by atoms with E-state index in [9.17, 15) is 4.39 Å². The van der Waals surface area contributed by atoms with Crippen molar-refractivity contribution in [2.45, 2.75) is 19.4 Å². The Morgan fingerprint density at radius 3 is 3.00 bits per heavy atom. The van der Waals surface area contributed by atoms with E-state index in [2.05, 4.69) is 15.5 Å². The quantitative estimate of drug-likeness (QED) is 0.840. The highest BCUT2D eigenvalue weighted by molar-refractivity contribution is 5.53. The van der Waals surface area contributed by atoms with Gasteiger partial charge in [-0.2, -0.15) is 4.98 Å². The van der Waals surface area contributed by atoms with Crippen LogP contribution in [-0.2, 0) is 11.2 Å². The number of likely N-dealkylation sites (N-methyl/N-ethyl adjacent to an activating group) is 1. The number of ether oxygens (including phenoxy) is 1. The molecule has 0 aliphatic rings. The molecule has 1 aromatic heterocycles. The normalized spacial score (nSPS) is 12.6. The summed E-state index contributed by atoms with van der Waals surface area (Å²) in [6.07, 6.45) is 0.573.